The fourth-order valence-electron chi connectivity index (χ4n) is 2.49. The number of carboxylic acids is 1. The third-order valence-corrected chi connectivity index (χ3v) is 3.52. The molecule has 0 saturated carbocycles. The van der Waals surface area contributed by atoms with Gasteiger partial charge in [-0.1, -0.05) is 6.07 Å². The Morgan fingerprint density at radius 3 is 2.90 bits per heavy atom. The Labute approximate surface area is 116 Å². The molecule has 102 valence electrons. The van der Waals surface area contributed by atoms with Crippen molar-refractivity contribution < 1.29 is 9.90 Å². The molecular formula is C15H15N3O2. The first-order valence-corrected chi connectivity index (χ1v) is 6.51. The number of aromatic carboxylic acids is 1. The summed E-state index contributed by atoms with van der Waals surface area (Å²) < 4.78 is 4.12. The van der Waals surface area contributed by atoms with Gasteiger partial charge in [-0.3, -0.25) is 0 Å². The molecule has 3 rings (SSSR count). The van der Waals surface area contributed by atoms with E-state index in [-0.39, 0.29) is 0 Å². The summed E-state index contributed by atoms with van der Waals surface area (Å²) in [6, 6.07) is 7.20. The molecule has 0 spiro atoms. The van der Waals surface area contributed by atoms with Crippen LogP contribution < -0.4 is 0 Å². The fraction of sp³-hybridized carbons (Fsp3) is 0.200. The molecule has 3 aromatic rings. The first kappa shape index (κ1) is 12.5. The Morgan fingerprint density at radius 2 is 2.15 bits per heavy atom. The van der Waals surface area contributed by atoms with Crippen molar-refractivity contribution in [3.8, 4) is 0 Å². The number of hydrogen-bond acceptors (Lipinski definition) is 2. The predicted molar refractivity (Wildman–Crippen MR) is 75.9 cm³/mol. The van der Waals surface area contributed by atoms with E-state index < -0.39 is 5.97 Å². The molecule has 0 unspecified atom stereocenters. The SMILES string of the molecule is CCn1cncc1Cn1ccc2c(C(=O)O)cccc21. The summed E-state index contributed by atoms with van der Waals surface area (Å²) >= 11 is 0. The normalized spacial score (nSPS) is 11.1. The highest BCUT2D eigenvalue weighted by molar-refractivity contribution is 6.02. The van der Waals surface area contributed by atoms with Gasteiger partial charge in [-0.2, -0.15) is 0 Å². The highest BCUT2D eigenvalue weighted by Gasteiger charge is 2.11. The number of fused-ring (bicyclic) bond motifs is 1. The third kappa shape index (κ3) is 1.97. The van der Waals surface area contributed by atoms with Gasteiger partial charge in [0.05, 0.1) is 24.1 Å². The number of benzene rings is 1. The van der Waals surface area contributed by atoms with Crippen LogP contribution in [0.2, 0.25) is 0 Å². The number of aromatic nitrogens is 3. The summed E-state index contributed by atoms with van der Waals surface area (Å²) in [6.07, 6.45) is 5.57. The number of carboxylic acid groups (broad SMARTS) is 1. The zero-order valence-electron chi connectivity index (χ0n) is 11.2. The van der Waals surface area contributed by atoms with Crippen molar-refractivity contribution >= 4 is 16.9 Å². The van der Waals surface area contributed by atoms with Crippen LogP contribution in [0.15, 0.2) is 43.0 Å². The van der Waals surface area contributed by atoms with Crippen LogP contribution in [0, 0.1) is 0 Å². The Balaban J connectivity index is 2.05. The van der Waals surface area contributed by atoms with E-state index in [0.717, 1.165) is 23.1 Å². The summed E-state index contributed by atoms with van der Waals surface area (Å²) in [5.74, 6) is -0.896. The maximum Gasteiger partial charge on any atom is 0.336 e. The predicted octanol–water partition coefficient (Wildman–Crippen LogP) is 2.60. The molecule has 0 atom stereocenters. The Morgan fingerprint density at radius 1 is 1.30 bits per heavy atom. The maximum absolute atomic E-state index is 11.2. The third-order valence-electron chi connectivity index (χ3n) is 3.52. The first-order valence-electron chi connectivity index (χ1n) is 6.51. The molecule has 2 heterocycles. The van der Waals surface area contributed by atoms with Crippen LogP contribution in [0.5, 0.6) is 0 Å². The second-order valence-corrected chi connectivity index (χ2v) is 4.66. The van der Waals surface area contributed by atoms with E-state index in [1.807, 2.05) is 35.4 Å². The summed E-state index contributed by atoms with van der Waals surface area (Å²) in [7, 11) is 0. The van der Waals surface area contributed by atoms with Crippen molar-refractivity contribution in [3.63, 3.8) is 0 Å². The molecule has 5 nitrogen and oxygen atoms in total. The van der Waals surface area contributed by atoms with Crippen LogP contribution in [-0.2, 0) is 13.1 Å². The van der Waals surface area contributed by atoms with E-state index in [2.05, 4.69) is 16.5 Å². The van der Waals surface area contributed by atoms with Crippen LogP contribution in [0.25, 0.3) is 10.9 Å². The van der Waals surface area contributed by atoms with Crippen LogP contribution >= 0.6 is 0 Å². The lowest BCUT2D eigenvalue weighted by atomic mass is 10.1. The van der Waals surface area contributed by atoms with Gasteiger partial charge < -0.3 is 14.2 Å². The fourth-order valence-corrected chi connectivity index (χ4v) is 2.49. The van der Waals surface area contributed by atoms with E-state index in [0.29, 0.717) is 12.1 Å². The standard InChI is InChI=1S/C15H15N3O2/c1-2-17-10-16-8-11(17)9-18-7-6-12-13(15(19)20)4-3-5-14(12)18/h3-8,10H,2,9H2,1H3,(H,19,20). The molecule has 1 aromatic carbocycles. The molecule has 0 bridgehead atoms. The number of hydrogen-bond donors (Lipinski definition) is 1. The number of carbonyl (C=O) groups is 1. The van der Waals surface area contributed by atoms with Gasteiger partial charge in [-0.25, -0.2) is 9.78 Å². The van der Waals surface area contributed by atoms with Crippen LogP contribution in [0.1, 0.15) is 23.0 Å². The Kier molecular flexibility index (Phi) is 3.02. The number of imidazole rings is 1. The number of nitrogens with zero attached hydrogens (tertiary/aromatic N) is 3. The minimum Gasteiger partial charge on any atom is -0.478 e. The zero-order valence-corrected chi connectivity index (χ0v) is 11.2. The van der Waals surface area contributed by atoms with Gasteiger partial charge >= 0.3 is 5.97 Å². The van der Waals surface area contributed by atoms with Crippen LogP contribution in [-0.4, -0.2) is 25.2 Å². The topological polar surface area (TPSA) is 60.0 Å². The second kappa shape index (κ2) is 4.85. The van der Waals surface area contributed by atoms with Crippen molar-refractivity contribution in [2.45, 2.75) is 20.0 Å². The quantitative estimate of drug-likeness (QED) is 0.792. The van der Waals surface area contributed by atoms with Gasteiger partial charge in [0, 0.05) is 29.8 Å². The largest absolute Gasteiger partial charge is 0.478 e. The van der Waals surface area contributed by atoms with E-state index >= 15 is 0 Å². The van der Waals surface area contributed by atoms with Crippen molar-refractivity contribution in [1.29, 1.82) is 0 Å². The van der Waals surface area contributed by atoms with Gasteiger partial charge in [-0.05, 0) is 25.1 Å². The summed E-state index contributed by atoms with van der Waals surface area (Å²) in [4.78, 5) is 15.4. The number of rotatable bonds is 4. The Hall–Kier alpha value is -2.56. The molecule has 2 aromatic heterocycles. The van der Waals surface area contributed by atoms with Gasteiger partial charge in [0.2, 0.25) is 0 Å². The van der Waals surface area contributed by atoms with Crippen LogP contribution in [0.4, 0.5) is 0 Å². The van der Waals surface area contributed by atoms with E-state index in [1.54, 1.807) is 12.1 Å². The van der Waals surface area contributed by atoms with Crippen molar-refractivity contribution in [2.24, 2.45) is 0 Å². The van der Waals surface area contributed by atoms with E-state index in [4.69, 9.17) is 0 Å². The molecule has 0 radical (unpaired) electrons. The molecule has 0 aliphatic heterocycles. The first-order chi connectivity index (χ1) is 9.70. The molecule has 0 saturated heterocycles. The lowest BCUT2D eigenvalue weighted by Gasteiger charge is -2.08. The van der Waals surface area contributed by atoms with E-state index in [9.17, 15) is 9.90 Å². The summed E-state index contributed by atoms with van der Waals surface area (Å²) in [6.45, 7) is 3.62. The van der Waals surface area contributed by atoms with Gasteiger partial charge in [0.25, 0.3) is 0 Å². The molecule has 0 fully saturated rings. The molecule has 0 aliphatic rings. The minimum absolute atomic E-state index is 0.338. The average molecular weight is 269 g/mol. The molecular weight excluding hydrogens is 254 g/mol. The number of aryl methyl sites for hydroxylation is 1. The molecule has 5 heteroatoms. The average Bonchev–Trinajstić information content (AvgIpc) is 3.06. The highest BCUT2D eigenvalue weighted by Crippen LogP contribution is 2.21. The smallest absolute Gasteiger partial charge is 0.336 e. The second-order valence-electron chi connectivity index (χ2n) is 4.66. The van der Waals surface area contributed by atoms with E-state index in [1.165, 1.54) is 0 Å². The maximum atomic E-state index is 11.2. The molecule has 20 heavy (non-hydrogen) atoms. The van der Waals surface area contributed by atoms with Crippen molar-refractivity contribution in [3.05, 3.63) is 54.2 Å². The van der Waals surface area contributed by atoms with Gasteiger partial charge in [0.1, 0.15) is 0 Å². The van der Waals surface area contributed by atoms with Crippen molar-refractivity contribution in [2.75, 3.05) is 0 Å². The highest BCUT2D eigenvalue weighted by atomic mass is 16.4. The molecule has 0 amide bonds. The summed E-state index contributed by atoms with van der Waals surface area (Å²) in [5, 5.41) is 9.97. The minimum atomic E-state index is -0.896. The lowest BCUT2D eigenvalue weighted by Crippen LogP contribution is -2.05. The lowest BCUT2D eigenvalue weighted by molar-refractivity contribution is 0.0699. The monoisotopic (exact) mass is 269 g/mol. The molecule has 1 N–H and O–H groups in total. The zero-order chi connectivity index (χ0) is 14.1. The van der Waals surface area contributed by atoms with Gasteiger partial charge in [-0.15, -0.1) is 0 Å². The van der Waals surface area contributed by atoms with Crippen molar-refractivity contribution in [1.82, 2.24) is 14.1 Å². The van der Waals surface area contributed by atoms with Gasteiger partial charge in [0.15, 0.2) is 0 Å². The Bertz CT molecular complexity index is 770. The molecule has 0 aliphatic carbocycles. The van der Waals surface area contributed by atoms with Crippen LogP contribution in [0.3, 0.4) is 0 Å². The summed E-state index contributed by atoms with van der Waals surface area (Å²) in [5.41, 5.74) is 2.37.